The number of nitrogens with two attached hydrogens (primary N) is 2. The summed E-state index contributed by atoms with van der Waals surface area (Å²) >= 11 is 0. The molecule has 9 nitrogen and oxygen atoms in total. The largest absolute Gasteiger partial charge is 0.472 e. The molecule has 0 saturated heterocycles. The molecule has 0 bridgehead atoms. The van der Waals surface area contributed by atoms with Gasteiger partial charge in [0.25, 0.3) is 0 Å². The molecule has 304 valence electrons. The molecular weight excluding hydrogens is 645 g/mol. The van der Waals surface area contributed by atoms with E-state index in [-0.39, 0.29) is 0 Å². The van der Waals surface area contributed by atoms with Crippen LogP contribution in [-0.4, -0.2) is 70.5 Å². The van der Waals surface area contributed by atoms with Gasteiger partial charge in [-0.15, -0.1) is 0 Å². The Labute approximate surface area is 312 Å². The Morgan fingerprint density at radius 3 is 0.860 bits per heavy atom. The predicted octanol–water partition coefficient (Wildman–Crippen LogP) is 9.76. The smallest absolute Gasteiger partial charge is 0.329 e. The zero-order valence-corrected chi connectivity index (χ0v) is 34.5. The van der Waals surface area contributed by atoms with Crippen molar-refractivity contribution in [2.24, 2.45) is 11.5 Å². The van der Waals surface area contributed by atoms with Crippen molar-refractivity contribution in [2.75, 3.05) is 65.6 Å². The lowest BCUT2D eigenvalue weighted by molar-refractivity contribution is 0.145. The molecule has 0 aliphatic heterocycles. The van der Waals surface area contributed by atoms with Crippen LogP contribution < -0.4 is 27.4 Å². The minimum absolute atomic E-state index is 0.324. The molecule has 0 fully saturated rings. The molecule has 50 heavy (non-hydrogen) atoms. The third-order valence-electron chi connectivity index (χ3n) is 9.10. The number of hydrogen-bond donors (Lipinski definition) is 6. The highest BCUT2D eigenvalue weighted by atomic mass is 31.2. The van der Waals surface area contributed by atoms with Gasteiger partial charge in [0.1, 0.15) is 0 Å². The van der Waals surface area contributed by atoms with Crippen LogP contribution in [0.5, 0.6) is 0 Å². The minimum Gasteiger partial charge on any atom is -0.329 e. The molecule has 0 saturated carbocycles. The normalized spacial score (nSPS) is 11.6. The summed E-state index contributed by atoms with van der Waals surface area (Å²) in [6.45, 7) is 12.3. The quantitative estimate of drug-likeness (QED) is 0.0267. The third-order valence-corrected chi connectivity index (χ3v) is 10.1. The highest BCUT2D eigenvalue weighted by molar-refractivity contribution is 7.47. The second-order valence-corrected chi connectivity index (χ2v) is 15.6. The summed E-state index contributed by atoms with van der Waals surface area (Å²) in [6.07, 6.45) is 36.4. The van der Waals surface area contributed by atoms with Gasteiger partial charge < -0.3 is 32.3 Å². The summed E-state index contributed by atoms with van der Waals surface area (Å²) in [5.41, 5.74) is 10.6. The van der Waals surface area contributed by atoms with Gasteiger partial charge in [-0.2, -0.15) is 0 Å². The first-order valence-electron chi connectivity index (χ1n) is 21.7. The van der Waals surface area contributed by atoms with E-state index in [0.29, 0.717) is 26.3 Å². The maximum Gasteiger partial charge on any atom is 0.472 e. The van der Waals surface area contributed by atoms with Crippen molar-refractivity contribution in [2.45, 2.75) is 194 Å². The standard InChI is InChI=1S/C32H67O4P.C8H23N5/c1-3-5-7-9-11-13-15-17-19-21-23-25-27-29-31-35-37(33,34)36-32-30-28-26-24-22-20-18-16-14-12-10-8-6-4-2;9-1-3-11-5-7-13-8-6-12-4-2-10/h3-32H2,1-2H3,(H,33,34);11-13H,1-10H2. The second-order valence-electron chi connectivity index (χ2n) is 14.2. The third kappa shape index (κ3) is 50.0. The number of nitrogens with one attached hydrogen (secondary N) is 3. The number of rotatable bonds is 42. The van der Waals surface area contributed by atoms with Crippen LogP contribution in [0.1, 0.15) is 194 Å². The molecular formula is C40H90N5O4P. The Bertz CT molecular complexity index is 603. The fourth-order valence-corrected chi connectivity index (χ4v) is 6.72. The van der Waals surface area contributed by atoms with E-state index in [2.05, 4.69) is 29.8 Å². The van der Waals surface area contributed by atoms with Gasteiger partial charge >= 0.3 is 7.82 Å². The number of phosphoric ester groups is 1. The molecule has 0 rings (SSSR count). The van der Waals surface area contributed by atoms with E-state index in [1.807, 2.05) is 0 Å². The topological polar surface area (TPSA) is 144 Å². The molecule has 0 aromatic heterocycles. The van der Waals surface area contributed by atoms with Crippen LogP contribution in [0.2, 0.25) is 0 Å². The zero-order chi connectivity index (χ0) is 36.9. The van der Waals surface area contributed by atoms with Crippen molar-refractivity contribution in [1.82, 2.24) is 16.0 Å². The molecule has 0 aliphatic carbocycles. The second kappa shape index (κ2) is 46.9. The number of phosphoric acid groups is 1. The summed E-state index contributed by atoms with van der Waals surface area (Å²) in [5.74, 6) is 0. The minimum atomic E-state index is -3.87. The molecule has 0 amide bonds. The fourth-order valence-electron chi connectivity index (χ4n) is 5.92. The molecule has 10 heteroatoms. The monoisotopic (exact) mass is 736 g/mol. The number of hydrogen-bond acceptors (Lipinski definition) is 8. The molecule has 0 spiro atoms. The van der Waals surface area contributed by atoms with E-state index in [9.17, 15) is 9.46 Å². The molecule has 0 unspecified atom stereocenters. The molecule has 0 aliphatic rings. The Kier molecular flexibility index (Phi) is 48.8. The molecule has 8 N–H and O–H groups in total. The Hall–Kier alpha value is -0.0900. The first kappa shape index (κ1) is 52.0. The van der Waals surface area contributed by atoms with Crippen LogP contribution >= 0.6 is 7.82 Å². The first-order chi connectivity index (χ1) is 24.5. The highest BCUT2D eigenvalue weighted by Gasteiger charge is 2.19. The van der Waals surface area contributed by atoms with Gasteiger partial charge in [-0.3, -0.25) is 9.05 Å². The van der Waals surface area contributed by atoms with E-state index in [4.69, 9.17) is 20.5 Å². The van der Waals surface area contributed by atoms with Crippen LogP contribution in [0.4, 0.5) is 0 Å². The average molecular weight is 736 g/mol. The van der Waals surface area contributed by atoms with E-state index in [1.165, 1.54) is 154 Å². The van der Waals surface area contributed by atoms with Gasteiger partial charge in [-0.05, 0) is 12.8 Å². The SMILES string of the molecule is CCCCCCCCCCCCCCCCOP(=O)(O)OCCCCCCCCCCCCCCCC.NCCNCCNCCNCCN. The van der Waals surface area contributed by atoms with Gasteiger partial charge in [0.2, 0.25) is 0 Å². The molecule has 0 atom stereocenters. The van der Waals surface area contributed by atoms with Gasteiger partial charge in [0.15, 0.2) is 0 Å². The lowest BCUT2D eigenvalue weighted by Crippen LogP contribution is -2.35. The first-order valence-corrected chi connectivity index (χ1v) is 23.2. The van der Waals surface area contributed by atoms with Crippen molar-refractivity contribution in [1.29, 1.82) is 0 Å². The van der Waals surface area contributed by atoms with Crippen LogP contribution in [0.3, 0.4) is 0 Å². The van der Waals surface area contributed by atoms with E-state index in [1.54, 1.807) is 0 Å². The average Bonchev–Trinajstić information content (AvgIpc) is 3.11. The fraction of sp³-hybridized carbons (Fsp3) is 1.00. The van der Waals surface area contributed by atoms with E-state index >= 15 is 0 Å². The maximum absolute atomic E-state index is 12.0. The Morgan fingerprint density at radius 2 is 0.620 bits per heavy atom. The number of unbranched alkanes of at least 4 members (excludes halogenated alkanes) is 26. The lowest BCUT2D eigenvalue weighted by Gasteiger charge is -2.12. The lowest BCUT2D eigenvalue weighted by atomic mass is 10.0. The van der Waals surface area contributed by atoms with Crippen molar-refractivity contribution < 1.29 is 18.5 Å². The maximum atomic E-state index is 12.0. The predicted molar refractivity (Wildman–Crippen MR) is 219 cm³/mol. The Balaban J connectivity index is 0. The molecule has 0 aromatic carbocycles. The van der Waals surface area contributed by atoms with Crippen LogP contribution in [-0.2, 0) is 13.6 Å². The molecule has 0 heterocycles. The summed E-state index contributed by atoms with van der Waals surface area (Å²) < 4.78 is 22.3. The van der Waals surface area contributed by atoms with Crippen LogP contribution in [0.15, 0.2) is 0 Å². The zero-order valence-electron chi connectivity index (χ0n) is 33.6. The van der Waals surface area contributed by atoms with Gasteiger partial charge in [-0.1, -0.05) is 181 Å². The van der Waals surface area contributed by atoms with Crippen molar-refractivity contribution in [3.63, 3.8) is 0 Å². The summed E-state index contributed by atoms with van der Waals surface area (Å²) in [4.78, 5) is 9.83. The van der Waals surface area contributed by atoms with Crippen LogP contribution in [0.25, 0.3) is 0 Å². The van der Waals surface area contributed by atoms with Crippen LogP contribution in [0, 0.1) is 0 Å². The van der Waals surface area contributed by atoms with Crippen molar-refractivity contribution >= 4 is 7.82 Å². The molecule has 0 radical (unpaired) electrons. The summed E-state index contributed by atoms with van der Waals surface area (Å²) in [5, 5.41) is 9.71. The van der Waals surface area contributed by atoms with Crippen molar-refractivity contribution in [3.05, 3.63) is 0 Å². The summed E-state index contributed by atoms with van der Waals surface area (Å²) in [7, 11) is -3.87. The van der Waals surface area contributed by atoms with E-state index < -0.39 is 7.82 Å². The highest BCUT2D eigenvalue weighted by Crippen LogP contribution is 2.43. The van der Waals surface area contributed by atoms with E-state index in [0.717, 1.165) is 65.0 Å². The van der Waals surface area contributed by atoms with Gasteiger partial charge in [0, 0.05) is 52.4 Å². The summed E-state index contributed by atoms with van der Waals surface area (Å²) in [6, 6.07) is 0. The van der Waals surface area contributed by atoms with Gasteiger partial charge in [-0.25, -0.2) is 4.57 Å². The molecule has 0 aromatic rings. The Morgan fingerprint density at radius 1 is 0.400 bits per heavy atom. The van der Waals surface area contributed by atoms with Crippen molar-refractivity contribution in [3.8, 4) is 0 Å². The van der Waals surface area contributed by atoms with Gasteiger partial charge in [0.05, 0.1) is 13.2 Å².